The number of esters is 1. The van der Waals surface area contributed by atoms with Crippen LogP contribution in [0.4, 0.5) is 0 Å². The third-order valence-corrected chi connectivity index (χ3v) is 2.55. The van der Waals surface area contributed by atoms with E-state index in [-0.39, 0.29) is 51.4 Å². The summed E-state index contributed by atoms with van der Waals surface area (Å²) >= 11 is 0. The van der Waals surface area contributed by atoms with Crippen LogP contribution in [-0.2, 0) is 14.3 Å². The number of hydrogen-bond donors (Lipinski definition) is 0. The Morgan fingerprint density at radius 1 is 0.944 bits per heavy atom. The standard InChI is InChI=1S/C13H24O4.K/c1-2-3-4-5-6-7-8-9-10-17-13(16)11-12(14)15;/h2-11H2,1H3,(H,14,15);/q;+1/p-1. The van der Waals surface area contributed by atoms with E-state index in [1.165, 1.54) is 32.1 Å². The maximum atomic E-state index is 10.8. The molecule has 0 bridgehead atoms. The largest absolute Gasteiger partial charge is 1.00 e. The van der Waals surface area contributed by atoms with Gasteiger partial charge in [0, 0.05) is 0 Å². The summed E-state index contributed by atoms with van der Waals surface area (Å²) in [6.07, 6.45) is 8.73. The number of aliphatic carboxylic acids is 1. The third-order valence-electron chi connectivity index (χ3n) is 2.55. The molecule has 100 valence electrons. The molecule has 0 spiro atoms. The first kappa shape index (κ1) is 20.9. The fourth-order valence-electron chi connectivity index (χ4n) is 1.59. The van der Waals surface area contributed by atoms with E-state index >= 15 is 0 Å². The minimum atomic E-state index is -1.38. The van der Waals surface area contributed by atoms with Crippen molar-refractivity contribution in [1.29, 1.82) is 0 Å². The van der Waals surface area contributed by atoms with Gasteiger partial charge in [-0.05, 0) is 6.42 Å². The molecule has 0 aromatic heterocycles. The van der Waals surface area contributed by atoms with Crippen LogP contribution in [0.1, 0.15) is 64.7 Å². The number of ether oxygens (including phenoxy) is 1. The Labute approximate surface area is 152 Å². The molecule has 5 heteroatoms. The zero-order chi connectivity index (χ0) is 12.9. The first-order chi connectivity index (χ1) is 8.16. The van der Waals surface area contributed by atoms with Gasteiger partial charge >= 0.3 is 57.4 Å². The number of hydrogen-bond acceptors (Lipinski definition) is 4. The first-order valence-electron chi connectivity index (χ1n) is 6.52. The van der Waals surface area contributed by atoms with E-state index in [1.807, 2.05) is 0 Å². The van der Waals surface area contributed by atoms with Crippen molar-refractivity contribution in [3.05, 3.63) is 0 Å². The van der Waals surface area contributed by atoms with Crippen LogP contribution >= 0.6 is 0 Å². The molecule has 18 heavy (non-hydrogen) atoms. The molecule has 4 nitrogen and oxygen atoms in total. The van der Waals surface area contributed by atoms with Gasteiger partial charge in [0.05, 0.1) is 19.0 Å². The molecule has 0 unspecified atom stereocenters. The van der Waals surface area contributed by atoms with Crippen LogP contribution < -0.4 is 56.5 Å². The van der Waals surface area contributed by atoms with Gasteiger partial charge in [0.2, 0.25) is 0 Å². The minimum Gasteiger partial charge on any atom is -0.550 e. The molecule has 0 rings (SSSR count). The molecule has 0 saturated carbocycles. The first-order valence-corrected chi connectivity index (χ1v) is 6.52. The van der Waals surface area contributed by atoms with Gasteiger partial charge in [0.1, 0.15) is 0 Å². The van der Waals surface area contributed by atoms with Crippen molar-refractivity contribution < 1.29 is 70.8 Å². The maximum absolute atomic E-state index is 10.8. The summed E-state index contributed by atoms with van der Waals surface area (Å²) in [5.74, 6) is -2.08. The molecule has 0 N–H and O–H groups in total. The van der Waals surface area contributed by atoms with E-state index in [1.54, 1.807) is 0 Å². The van der Waals surface area contributed by atoms with Crippen molar-refractivity contribution in [2.75, 3.05) is 6.61 Å². The monoisotopic (exact) mass is 282 g/mol. The van der Waals surface area contributed by atoms with Crippen molar-refractivity contribution in [3.8, 4) is 0 Å². The summed E-state index contributed by atoms with van der Waals surface area (Å²) in [5.41, 5.74) is 0. The van der Waals surface area contributed by atoms with E-state index in [4.69, 9.17) is 4.74 Å². The molecular formula is C13H23KO4. The summed E-state index contributed by atoms with van der Waals surface area (Å²) in [4.78, 5) is 20.9. The molecule has 0 aromatic rings. The molecule has 0 aliphatic heterocycles. The van der Waals surface area contributed by atoms with Crippen LogP contribution in [0.25, 0.3) is 0 Å². The molecule has 0 saturated heterocycles. The van der Waals surface area contributed by atoms with E-state index in [2.05, 4.69) is 6.92 Å². The van der Waals surface area contributed by atoms with Gasteiger partial charge in [0.15, 0.2) is 0 Å². The second-order valence-corrected chi connectivity index (χ2v) is 4.24. The van der Waals surface area contributed by atoms with Crippen LogP contribution in [0, 0.1) is 0 Å². The van der Waals surface area contributed by atoms with Gasteiger partial charge < -0.3 is 14.6 Å². The smallest absolute Gasteiger partial charge is 0.550 e. The Hall–Kier alpha value is 0.576. The molecule has 0 aliphatic rings. The Balaban J connectivity index is 0. The van der Waals surface area contributed by atoms with Crippen molar-refractivity contribution in [2.45, 2.75) is 64.7 Å². The summed E-state index contributed by atoms with van der Waals surface area (Å²) in [7, 11) is 0. The van der Waals surface area contributed by atoms with Crippen molar-refractivity contribution in [1.82, 2.24) is 0 Å². The summed E-state index contributed by atoms with van der Waals surface area (Å²) in [6, 6.07) is 0. The van der Waals surface area contributed by atoms with Crippen molar-refractivity contribution in [2.24, 2.45) is 0 Å². The number of carboxylic acid groups (broad SMARTS) is 1. The van der Waals surface area contributed by atoms with Gasteiger partial charge in [-0.25, -0.2) is 0 Å². The normalized spacial score (nSPS) is 9.61. The Morgan fingerprint density at radius 2 is 1.44 bits per heavy atom. The van der Waals surface area contributed by atoms with Crippen LogP contribution in [-0.4, -0.2) is 18.5 Å². The van der Waals surface area contributed by atoms with Gasteiger partial charge in [-0.2, -0.15) is 0 Å². The molecule has 0 fully saturated rings. The number of unbranched alkanes of at least 4 members (excludes halogenated alkanes) is 7. The topological polar surface area (TPSA) is 66.4 Å². The van der Waals surface area contributed by atoms with Crippen LogP contribution in [0.15, 0.2) is 0 Å². The van der Waals surface area contributed by atoms with Gasteiger partial charge in [-0.15, -0.1) is 0 Å². The van der Waals surface area contributed by atoms with E-state index in [0.29, 0.717) is 6.61 Å². The quantitative estimate of drug-likeness (QED) is 0.207. The number of carboxylic acids is 1. The summed E-state index contributed by atoms with van der Waals surface area (Å²) < 4.78 is 4.74. The molecule has 0 atom stereocenters. The zero-order valence-electron chi connectivity index (χ0n) is 11.7. The van der Waals surface area contributed by atoms with Crippen molar-refractivity contribution in [3.63, 3.8) is 0 Å². The second-order valence-electron chi connectivity index (χ2n) is 4.24. The van der Waals surface area contributed by atoms with Crippen LogP contribution in [0.5, 0.6) is 0 Å². The molecule has 0 radical (unpaired) electrons. The minimum absolute atomic E-state index is 0. The molecule has 0 heterocycles. The van der Waals surface area contributed by atoms with Crippen molar-refractivity contribution >= 4 is 11.9 Å². The van der Waals surface area contributed by atoms with Crippen LogP contribution in [0.3, 0.4) is 0 Å². The molecule has 0 amide bonds. The Morgan fingerprint density at radius 3 is 1.94 bits per heavy atom. The van der Waals surface area contributed by atoms with Crippen LogP contribution in [0.2, 0.25) is 0 Å². The molecular weight excluding hydrogens is 259 g/mol. The average molecular weight is 282 g/mol. The second kappa shape index (κ2) is 15.6. The number of carbonyl (C=O) groups is 2. The third kappa shape index (κ3) is 16.6. The Bertz CT molecular complexity index is 219. The number of carbonyl (C=O) groups excluding carboxylic acids is 2. The predicted octanol–water partition coefficient (Wildman–Crippen LogP) is -1.19. The average Bonchev–Trinajstić information content (AvgIpc) is 2.26. The summed E-state index contributed by atoms with van der Waals surface area (Å²) in [6.45, 7) is 2.52. The predicted molar refractivity (Wildman–Crippen MR) is 63.2 cm³/mol. The fourth-order valence-corrected chi connectivity index (χ4v) is 1.59. The Kier molecular flexibility index (Phi) is 18.1. The number of rotatable bonds is 11. The van der Waals surface area contributed by atoms with E-state index < -0.39 is 18.4 Å². The maximum Gasteiger partial charge on any atom is 1.00 e. The molecule has 0 aromatic carbocycles. The molecule has 0 aliphatic carbocycles. The van der Waals surface area contributed by atoms with E-state index in [0.717, 1.165) is 19.3 Å². The van der Waals surface area contributed by atoms with E-state index in [9.17, 15) is 14.7 Å². The SMILES string of the molecule is CCCCCCCCCCOC(=O)CC(=O)[O-].[K+]. The van der Waals surface area contributed by atoms with Gasteiger partial charge in [-0.1, -0.05) is 51.9 Å². The van der Waals surface area contributed by atoms with Gasteiger partial charge in [0.25, 0.3) is 0 Å². The zero-order valence-corrected chi connectivity index (χ0v) is 14.8. The summed E-state index contributed by atoms with van der Waals surface area (Å²) in [5, 5.41) is 10.1. The van der Waals surface area contributed by atoms with Gasteiger partial charge in [-0.3, -0.25) is 4.79 Å². The fraction of sp³-hybridized carbons (Fsp3) is 0.846.